The van der Waals surface area contributed by atoms with E-state index in [-0.39, 0.29) is 41.2 Å². The molecule has 2 aliphatic carbocycles. The zero-order valence-electron chi connectivity index (χ0n) is 18.1. The Balaban J connectivity index is 1.89. The lowest BCUT2D eigenvalue weighted by Gasteiger charge is -2.60. The SMILES string of the molecule is C[C@@H]1[C@H](NC(=O)c2cccnc2)CC2C(C)(C)CCC[C@]2(C)[C@H]1COS(C)(=O)=O. The second-order valence-electron chi connectivity index (χ2n) is 9.91. The van der Waals surface area contributed by atoms with Gasteiger partial charge in [0.2, 0.25) is 0 Å². The first-order chi connectivity index (χ1) is 13.4. The van der Waals surface area contributed by atoms with Gasteiger partial charge in [-0.3, -0.25) is 14.0 Å². The Kier molecular flexibility index (Phi) is 6.12. The maximum Gasteiger partial charge on any atom is 0.264 e. The molecule has 1 aromatic heterocycles. The number of nitrogens with zero attached hydrogens (tertiary/aromatic N) is 1. The summed E-state index contributed by atoms with van der Waals surface area (Å²) in [4.78, 5) is 16.8. The molecule has 1 aromatic rings. The van der Waals surface area contributed by atoms with Gasteiger partial charge in [-0.2, -0.15) is 8.42 Å². The topological polar surface area (TPSA) is 85.4 Å². The lowest BCUT2D eigenvalue weighted by molar-refractivity contribution is -0.115. The predicted molar refractivity (Wildman–Crippen MR) is 113 cm³/mol. The van der Waals surface area contributed by atoms with E-state index in [1.807, 2.05) is 0 Å². The van der Waals surface area contributed by atoms with Gasteiger partial charge in [0.15, 0.2) is 0 Å². The lowest BCUT2D eigenvalue weighted by atomic mass is 9.46. The van der Waals surface area contributed by atoms with Gasteiger partial charge in [0.1, 0.15) is 0 Å². The molecule has 0 saturated heterocycles. The summed E-state index contributed by atoms with van der Waals surface area (Å²) in [7, 11) is -3.52. The second kappa shape index (κ2) is 7.99. The molecule has 5 atom stereocenters. The molecule has 1 amide bonds. The van der Waals surface area contributed by atoms with Crippen LogP contribution in [0.4, 0.5) is 0 Å². The van der Waals surface area contributed by atoms with Crippen molar-refractivity contribution >= 4 is 16.0 Å². The minimum absolute atomic E-state index is 0.0125. The Labute approximate surface area is 175 Å². The van der Waals surface area contributed by atoms with Crippen molar-refractivity contribution in [1.29, 1.82) is 0 Å². The number of aromatic nitrogens is 1. The van der Waals surface area contributed by atoms with Gasteiger partial charge in [-0.1, -0.05) is 34.1 Å². The number of pyridine rings is 1. The summed E-state index contributed by atoms with van der Waals surface area (Å²) in [6.45, 7) is 9.19. The van der Waals surface area contributed by atoms with Crippen molar-refractivity contribution in [3.8, 4) is 0 Å². The minimum atomic E-state index is -3.52. The van der Waals surface area contributed by atoms with E-state index < -0.39 is 10.1 Å². The van der Waals surface area contributed by atoms with E-state index >= 15 is 0 Å². The number of hydrogen-bond donors (Lipinski definition) is 1. The first-order valence-electron chi connectivity index (χ1n) is 10.5. The van der Waals surface area contributed by atoms with Crippen molar-refractivity contribution in [3.05, 3.63) is 30.1 Å². The molecule has 2 fully saturated rings. The van der Waals surface area contributed by atoms with Crippen molar-refractivity contribution < 1.29 is 17.4 Å². The zero-order chi connectivity index (χ0) is 21.4. The largest absolute Gasteiger partial charge is 0.349 e. The molecule has 6 nitrogen and oxygen atoms in total. The zero-order valence-corrected chi connectivity index (χ0v) is 19.0. The third kappa shape index (κ3) is 4.66. The third-order valence-electron chi connectivity index (χ3n) is 7.58. The normalized spacial score (nSPS) is 34.2. The average molecular weight is 423 g/mol. The van der Waals surface area contributed by atoms with Crippen LogP contribution < -0.4 is 5.32 Å². The summed E-state index contributed by atoms with van der Waals surface area (Å²) >= 11 is 0. The fraction of sp³-hybridized carbons (Fsp3) is 0.727. The smallest absolute Gasteiger partial charge is 0.264 e. The molecule has 0 bridgehead atoms. The van der Waals surface area contributed by atoms with Crippen LogP contribution in [0.3, 0.4) is 0 Å². The highest BCUT2D eigenvalue weighted by atomic mass is 32.2. The average Bonchev–Trinajstić information content (AvgIpc) is 2.62. The molecule has 1 unspecified atom stereocenters. The number of rotatable bonds is 5. The molecule has 0 aromatic carbocycles. The van der Waals surface area contributed by atoms with E-state index in [4.69, 9.17) is 4.18 Å². The first-order valence-corrected chi connectivity index (χ1v) is 12.3. The Bertz CT molecular complexity index is 840. The molecule has 0 spiro atoms. The van der Waals surface area contributed by atoms with Crippen LogP contribution in [-0.4, -0.2) is 38.2 Å². The van der Waals surface area contributed by atoms with Crippen LogP contribution in [0.25, 0.3) is 0 Å². The van der Waals surface area contributed by atoms with Gasteiger partial charge in [0.25, 0.3) is 16.0 Å². The van der Waals surface area contributed by atoms with Crippen LogP contribution in [0.1, 0.15) is 63.7 Å². The fourth-order valence-electron chi connectivity index (χ4n) is 6.03. The van der Waals surface area contributed by atoms with Crippen LogP contribution in [-0.2, 0) is 14.3 Å². The molecule has 162 valence electrons. The van der Waals surface area contributed by atoms with Gasteiger partial charge in [0, 0.05) is 18.4 Å². The van der Waals surface area contributed by atoms with Crippen LogP contribution in [0.2, 0.25) is 0 Å². The highest BCUT2D eigenvalue weighted by molar-refractivity contribution is 7.85. The van der Waals surface area contributed by atoms with E-state index in [0.29, 0.717) is 11.5 Å². The monoisotopic (exact) mass is 422 g/mol. The van der Waals surface area contributed by atoms with Crippen LogP contribution in [0.15, 0.2) is 24.5 Å². The molecule has 2 saturated carbocycles. The number of hydrogen-bond acceptors (Lipinski definition) is 5. The fourth-order valence-corrected chi connectivity index (χ4v) is 6.42. The van der Waals surface area contributed by atoms with Crippen molar-refractivity contribution in [3.63, 3.8) is 0 Å². The molecule has 2 aliphatic rings. The minimum Gasteiger partial charge on any atom is -0.349 e. The van der Waals surface area contributed by atoms with Crippen molar-refractivity contribution in [1.82, 2.24) is 10.3 Å². The van der Waals surface area contributed by atoms with Gasteiger partial charge in [0.05, 0.1) is 18.4 Å². The third-order valence-corrected chi connectivity index (χ3v) is 8.15. The van der Waals surface area contributed by atoms with Crippen LogP contribution >= 0.6 is 0 Å². The Morgan fingerprint density at radius 1 is 1.31 bits per heavy atom. The molecule has 29 heavy (non-hydrogen) atoms. The number of amides is 1. The maximum atomic E-state index is 12.8. The van der Waals surface area contributed by atoms with Gasteiger partial charge >= 0.3 is 0 Å². The van der Waals surface area contributed by atoms with Crippen molar-refractivity contribution in [2.24, 2.45) is 28.6 Å². The molecule has 3 rings (SSSR count). The Hall–Kier alpha value is -1.47. The summed E-state index contributed by atoms with van der Waals surface area (Å²) in [5, 5.41) is 3.22. The molecule has 7 heteroatoms. The quantitative estimate of drug-likeness (QED) is 0.732. The van der Waals surface area contributed by atoms with Gasteiger partial charge in [-0.25, -0.2) is 0 Å². The van der Waals surface area contributed by atoms with E-state index in [2.05, 4.69) is 38.0 Å². The van der Waals surface area contributed by atoms with E-state index in [0.717, 1.165) is 31.9 Å². The number of carbonyl (C=O) groups is 1. The molecule has 1 heterocycles. The van der Waals surface area contributed by atoms with Crippen molar-refractivity contribution in [2.45, 2.75) is 59.4 Å². The lowest BCUT2D eigenvalue weighted by Crippen LogP contribution is -2.60. The van der Waals surface area contributed by atoms with Gasteiger partial charge in [-0.05, 0) is 60.0 Å². The van der Waals surface area contributed by atoms with E-state index in [1.165, 1.54) is 0 Å². The molecular formula is C22H34N2O4S. The highest BCUT2D eigenvalue weighted by Gasteiger charge is 2.56. The van der Waals surface area contributed by atoms with Crippen LogP contribution in [0, 0.1) is 28.6 Å². The maximum absolute atomic E-state index is 12.8. The van der Waals surface area contributed by atoms with Gasteiger partial charge < -0.3 is 5.32 Å². The van der Waals surface area contributed by atoms with E-state index in [9.17, 15) is 13.2 Å². The Morgan fingerprint density at radius 2 is 2.03 bits per heavy atom. The predicted octanol–water partition coefficient (Wildman–Crippen LogP) is 3.64. The number of carbonyl (C=O) groups excluding carboxylic acids is 1. The summed E-state index contributed by atoms with van der Waals surface area (Å²) in [5.41, 5.74) is 0.662. The standard InChI is InChI=1S/C22H34N2O4S/c1-15-17(14-28-29(5,26)27)22(4)10-7-9-21(2,3)19(22)12-18(15)24-20(25)16-8-6-11-23-13-16/h6,8,11,13,15,17-19H,7,9-10,12,14H2,1-5H3,(H,24,25)/t15-,17-,18+,19?,22+/m0/s1. The number of nitrogens with one attached hydrogen (secondary N) is 1. The van der Waals surface area contributed by atoms with Crippen LogP contribution in [0.5, 0.6) is 0 Å². The summed E-state index contributed by atoms with van der Waals surface area (Å²) < 4.78 is 28.7. The Morgan fingerprint density at radius 3 is 2.66 bits per heavy atom. The highest BCUT2D eigenvalue weighted by Crippen LogP contribution is 2.61. The van der Waals surface area contributed by atoms with Crippen molar-refractivity contribution in [2.75, 3.05) is 12.9 Å². The van der Waals surface area contributed by atoms with E-state index in [1.54, 1.807) is 24.5 Å². The molecule has 1 N–H and O–H groups in total. The first kappa shape index (κ1) is 22.2. The summed E-state index contributed by atoms with van der Waals surface area (Å²) in [6.07, 6.45) is 8.56. The molecular weight excluding hydrogens is 388 g/mol. The summed E-state index contributed by atoms with van der Waals surface area (Å²) in [6, 6.07) is 3.48. The second-order valence-corrected chi connectivity index (χ2v) is 11.6. The van der Waals surface area contributed by atoms with Gasteiger partial charge in [-0.15, -0.1) is 0 Å². The molecule has 0 aliphatic heterocycles. The summed E-state index contributed by atoms with van der Waals surface area (Å²) in [5.74, 6) is 0.407. The number of fused-ring (bicyclic) bond motifs is 1. The molecule has 0 radical (unpaired) electrons.